The number of halogens is 3. The topological polar surface area (TPSA) is 65.8 Å². The SMILES string of the molecule is C/C=C(\C=N)C(=O)Nc1cccc(CC)n1.CCCC(F)(F)F. The van der Waals surface area contributed by atoms with E-state index >= 15 is 0 Å². The maximum Gasteiger partial charge on any atom is 0.389 e. The molecule has 1 heterocycles. The molecule has 4 nitrogen and oxygen atoms in total. The van der Waals surface area contributed by atoms with Crippen molar-refractivity contribution in [3.8, 4) is 0 Å². The molecule has 0 aliphatic heterocycles. The maximum atomic E-state index is 11.6. The first-order valence-corrected chi connectivity index (χ1v) is 7.28. The zero-order valence-corrected chi connectivity index (χ0v) is 13.5. The second-order valence-corrected chi connectivity index (χ2v) is 4.58. The van der Waals surface area contributed by atoms with Gasteiger partial charge in [-0.15, -0.1) is 0 Å². The number of aryl methyl sites for hydroxylation is 1. The van der Waals surface area contributed by atoms with Gasteiger partial charge in [0.15, 0.2) is 0 Å². The Hall–Kier alpha value is -2.18. The van der Waals surface area contributed by atoms with Crippen LogP contribution in [0.4, 0.5) is 19.0 Å². The average molecular weight is 329 g/mol. The molecule has 23 heavy (non-hydrogen) atoms. The number of anilines is 1. The minimum absolute atomic E-state index is 0.184. The van der Waals surface area contributed by atoms with Crippen LogP contribution in [0, 0.1) is 5.41 Å². The minimum Gasteiger partial charge on any atom is -0.308 e. The molecule has 2 N–H and O–H groups in total. The predicted molar refractivity (Wildman–Crippen MR) is 85.7 cm³/mol. The second-order valence-electron chi connectivity index (χ2n) is 4.58. The van der Waals surface area contributed by atoms with Gasteiger partial charge in [0.25, 0.3) is 5.91 Å². The zero-order valence-electron chi connectivity index (χ0n) is 13.5. The molecular weight excluding hydrogens is 307 g/mol. The number of hydrogen-bond donors (Lipinski definition) is 2. The minimum atomic E-state index is -3.95. The van der Waals surface area contributed by atoms with Gasteiger partial charge < -0.3 is 10.7 Å². The highest BCUT2D eigenvalue weighted by Crippen LogP contribution is 2.20. The van der Waals surface area contributed by atoms with E-state index in [1.54, 1.807) is 19.1 Å². The van der Waals surface area contributed by atoms with Crippen LogP contribution in [0.3, 0.4) is 0 Å². The molecule has 0 saturated heterocycles. The molecule has 0 saturated carbocycles. The molecule has 1 amide bonds. The average Bonchev–Trinajstić information content (AvgIpc) is 2.48. The zero-order chi connectivity index (χ0) is 17.9. The molecule has 7 heteroatoms. The van der Waals surface area contributed by atoms with Gasteiger partial charge in [-0.25, -0.2) is 4.98 Å². The molecule has 0 radical (unpaired) electrons. The van der Waals surface area contributed by atoms with Gasteiger partial charge in [0, 0.05) is 18.3 Å². The van der Waals surface area contributed by atoms with Crippen LogP contribution in [0.2, 0.25) is 0 Å². The summed E-state index contributed by atoms with van der Waals surface area (Å²) in [5.74, 6) is 0.212. The largest absolute Gasteiger partial charge is 0.389 e. The van der Waals surface area contributed by atoms with Gasteiger partial charge in [-0.3, -0.25) is 4.79 Å². The van der Waals surface area contributed by atoms with Crippen molar-refractivity contribution in [1.82, 2.24) is 4.98 Å². The number of aromatic nitrogens is 1. The van der Waals surface area contributed by atoms with Crippen molar-refractivity contribution < 1.29 is 18.0 Å². The number of amides is 1. The fourth-order valence-electron chi connectivity index (χ4n) is 1.50. The number of pyridine rings is 1. The fraction of sp³-hybridized carbons (Fsp3) is 0.438. The van der Waals surface area contributed by atoms with Gasteiger partial charge in [0.05, 0.1) is 5.57 Å². The normalized spacial score (nSPS) is 11.3. The third-order valence-electron chi connectivity index (χ3n) is 2.67. The number of rotatable bonds is 5. The Labute approximate surface area is 134 Å². The van der Waals surface area contributed by atoms with Crippen LogP contribution in [-0.4, -0.2) is 23.3 Å². The molecule has 0 aliphatic carbocycles. The van der Waals surface area contributed by atoms with Gasteiger partial charge >= 0.3 is 6.18 Å². The Bertz CT molecular complexity index is 540. The number of allylic oxidation sites excluding steroid dienone is 1. The van der Waals surface area contributed by atoms with Gasteiger partial charge in [0.2, 0.25) is 0 Å². The van der Waals surface area contributed by atoms with Crippen molar-refractivity contribution in [1.29, 1.82) is 5.41 Å². The quantitative estimate of drug-likeness (QED) is 0.616. The number of hydrogen-bond acceptors (Lipinski definition) is 3. The Morgan fingerprint density at radius 2 is 2.00 bits per heavy atom. The van der Waals surface area contributed by atoms with Crippen molar-refractivity contribution in [2.24, 2.45) is 0 Å². The van der Waals surface area contributed by atoms with E-state index in [1.165, 1.54) is 6.92 Å². The Balaban J connectivity index is 0.000000585. The van der Waals surface area contributed by atoms with Gasteiger partial charge in [-0.05, 0) is 31.9 Å². The summed E-state index contributed by atoms with van der Waals surface area (Å²) in [6.07, 6.45) is -0.985. The molecule has 128 valence electrons. The van der Waals surface area contributed by atoms with Gasteiger partial charge in [0.1, 0.15) is 5.82 Å². The molecule has 1 rings (SSSR count). The molecule has 0 fully saturated rings. The van der Waals surface area contributed by atoms with Gasteiger partial charge in [-0.2, -0.15) is 13.2 Å². The van der Waals surface area contributed by atoms with E-state index in [-0.39, 0.29) is 12.3 Å². The van der Waals surface area contributed by atoms with Crippen molar-refractivity contribution in [3.05, 3.63) is 35.5 Å². The van der Waals surface area contributed by atoms with Crippen LogP contribution >= 0.6 is 0 Å². The lowest BCUT2D eigenvalue weighted by atomic mass is 10.2. The van der Waals surface area contributed by atoms with E-state index in [2.05, 4.69) is 10.3 Å². The first-order chi connectivity index (χ1) is 10.8. The molecule has 0 aliphatic rings. The Morgan fingerprint density at radius 3 is 2.39 bits per heavy atom. The summed E-state index contributed by atoms with van der Waals surface area (Å²) in [5, 5.41) is 9.71. The van der Waals surface area contributed by atoms with Crippen LogP contribution in [-0.2, 0) is 11.2 Å². The summed E-state index contributed by atoms with van der Waals surface area (Å²) in [7, 11) is 0. The molecule has 0 aromatic carbocycles. The van der Waals surface area contributed by atoms with Crippen molar-refractivity contribution in [2.75, 3.05) is 5.32 Å². The second kappa shape index (κ2) is 10.5. The number of carbonyl (C=O) groups excluding carboxylic acids is 1. The van der Waals surface area contributed by atoms with E-state index in [0.29, 0.717) is 11.4 Å². The highest BCUT2D eigenvalue weighted by atomic mass is 19.4. The molecule has 1 aromatic rings. The summed E-state index contributed by atoms with van der Waals surface area (Å²) < 4.78 is 33.2. The highest BCUT2D eigenvalue weighted by molar-refractivity contribution is 6.16. The van der Waals surface area contributed by atoms with E-state index in [4.69, 9.17) is 5.41 Å². The van der Waals surface area contributed by atoms with Crippen LogP contribution < -0.4 is 5.32 Å². The lowest BCUT2D eigenvalue weighted by Gasteiger charge is -2.05. The lowest BCUT2D eigenvalue weighted by molar-refractivity contribution is -0.134. The third-order valence-corrected chi connectivity index (χ3v) is 2.67. The summed E-state index contributed by atoms with van der Waals surface area (Å²) in [6.45, 7) is 5.23. The van der Waals surface area contributed by atoms with Crippen molar-refractivity contribution >= 4 is 17.9 Å². The summed E-state index contributed by atoms with van der Waals surface area (Å²) >= 11 is 0. The first-order valence-electron chi connectivity index (χ1n) is 7.28. The molecular formula is C16H22F3N3O. The number of carbonyl (C=O) groups is 1. The number of nitrogens with one attached hydrogen (secondary N) is 2. The van der Waals surface area contributed by atoms with Crippen molar-refractivity contribution in [2.45, 2.75) is 46.2 Å². The van der Waals surface area contributed by atoms with Crippen molar-refractivity contribution in [3.63, 3.8) is 0 Å². The van der Waals surface area contributed by atoms with Crippen LogP contribution in [0.1, 0.15) is 39.3 Å². The van der Waals surface area contributed by atoms with E-state index in [0.717, 1.165) is 18.3 Å². The predicted octanol–water partition coefficient (Wildman–Crippen LogP) is 4.53. The Morgan fingerprint density at radius 1 is 1.35 bits per heavy atom. The monoisotopic (exact) mass is 329 g/mol. The summed E-state index contributed by atoms with van der Waals surface area (Å²) in [6, 6.07) is 5.48. The summed E-state index contributed by atoms with van der Waals surface area (Å²) in [5.41, 5.74) is 1.25. The van der Waals surface area contributed by atoms with Crippen LogP contribution in [0.15, 0.2) is 29.8 Å². The molecule has 0 bridgehead atoms. The van der Waals surface area contributed by atoms with Crippen LogP contribution in [0.25, 0.3) is 0 Å². The maximum absolute atomic E-state index is 11.6. The van der Waals surface area contributed by atoms with E-state index in [1.807, 2.05) is 19.1 Å². The van der Waals surface area contributed by atoms with E-state index < -0.39 is 12.6 Å². The number of nitrogens with zero attached hydrogens (tertiary/aromatic N) is 1. The summed E-state index contributed by atoms with van der Waals surface area (Å²) in [4.78, 5) is 15.9. The molecule has 0 atom stereocenters. The molecule has 0 spiro atoms. The number of alkyl halides is 3. The molecule has 1 aromatic heterocycles. The fourth-order valence-corrected chi connectivity index (χ4v) is 1.50. The lowest BCUT2D eigenvalue weighted by Crippen LogP contribution is -2.16. The van der Waals surface area contributed by atoms with Gasteiger partial charge in [-0.1, -0.05) is 26.0 Å². The smallest absolute Gasteiger partial charge is 0.308 e. The standard InChI is InChI=1S/C12H15N3O.C4H7F3/c1-3-9(8-13)12(16)15-11-7-5-6-10(4-2)14-11;1-2-3-4(5,6)7/h3,5-8,13H,4H2,1-2H3,(H,14,15,16);2-3H2,1H3/b9-3+,13-8?;. The highest BCUT2D eigenvalue weighted by Gasteiger charge is 2.24. The first kappa shape index (κ1) is 20.8. The van der Waals surface area contributed by atoms with Crippen LogP contribution in [0.5, 0.6) is 0 Å². The third kappa shape index (κ3) is 9.44. The molecule has 0 unspecified atom stereocenters. The Kier molecular flexibility index (Phi) is 9.53. The van der Waals surface area contributed by atoms with E-state index in [9.17, 15) is 18.0 Å².